The lowest BCUT2D eigenvalue weighted by atomic mass is 10.1. The molecule has 6 heteroatoms. The summed E-state index contributed by atoms with van der Waals surface area (Å²) in [5.41, 5.74) is 2.04. The first kappa shape index (κ1) is 14.1. The van der Waals surface area contributed by atoms with Crippen molar-refractivity contribution in [1.29, 1.82) is 0 Å². The fourth-order valence-electron chi connectivity index (χ4n) is 2.06. The van der Waals surface area contributed by atoms with Crippen LogP contribution in [0.5, 0.6) is 0 Å². The molecule has 4 nitrogen and oxygen atoms in total. The van der Waals surface area contributed by atoms with Gasteiger partial charge < -0.3 is 10.3 Å². The van der Waals surface area contributed by atoms with Crippen LogP contribution >= 0.6 is 27.5 Å². The average molecular weight is 365 g/mol. The van der Waals surface area contributed by atoms with Crippen LogP contribution in [0, 0.1) is 0 Å². The number of aromatic amines is 1. The topological polar surface area (TPSA) is 57.8 Å². The second-order valence-corrected chi connectivity index (χ2v) is 5.83. The zero-order valence-corrected chi connectivity index (χ0v) is 13.2. The number of nitrogens with zero attached hydrogens (tertiary/aromatic N) is 1. The number of hydrogen-bond acceptors (Lipinski definition) is 3. The van der Waals surface area contributed by atoms with E-state index in [0.717, 1.165) is 15.4 Å². The lowest BCUT2D eigenvalue weighted by molar-refractivity contribution is 1.08. The fraction of sp³-hybridized carbons (Fsp3) is 0.0667. The molecule has 0 unspecified atom stereocenters. The number of aromatic nitrogens is 2. The Kier molecular flexibility index (Phi) is 3.94. The van der Waals surface area contributed by atoms with Gasteiger partial charge in [-0.25, -0.2) is 4.98 Å². The first-order chi connectivity index (χ1) is 10.1. The summed E-state index contributed by atoms with van der Waals surface area (Å²) < 4.78 is 0.821. The molecule has 0 aliphatic rings. The SMILES string of the molecule is O=c1[nH]c2ccccc2cc1CNc1cc(Br)cnc1Cl. The molecule has 0 saturated carbocycles. The highest BCUT2D eigenvalue weighted by molar-refractivity contribution is 9.10. The minimum absolute atomic E-state index is 0.111. The van der Waals surface area contributed by atoms with Gasteiger partial charge in [-0.05, 0) is 39.5 Å². The molecule has 106 valence electrons. The molecule has 0 aliphatic heterocycles. The first-order valence-corrected chi connectivity index (χ1v) is 7.46. The lowest BCUT2D eigenvalue weighted by Gasteiger charge is -2.08. The molecular weight excluding hydrogens is 354 g/mol. The predicted octanol–water partition coefficient (Wildman–Crippen LogP) is 3.95. The van der Waals surface area contributed by atoms with Crippen molar-refractivity contribution in [3.8, 4) is 0 Å². The van der Waals surface area contributed by atoms with E-state index < -0.39 is 0 Å². The van der Waals surface area contributed by atoms with E-state index in [9.17, 15) is 4.79 Å². The quantitative estimate of drug-likeness (QED) is 0.692. The van der Waals surface area contributed by atoms with Crippen LogP contribution in [-0.4, -0.2) is 9.97 Å². The molecule has 0 amide bonds. The highest BCUT2D eigenvalue weighted by Gasteiger charge is 2.06. The van der Waals surface area contributed by atoms with Crippen LogP contribution in [-0.2, 0) is 6.54 Å². The molecule has 1 aromatic carbocycles. The molecular formula is C15H11BrClN3O. The van der Waals surface area contributed by atoms with Gasteiger partial charge in [0.25, 0.3) is 5.56 Å². The Balaban J connectivity index is 1.90. The number of rotatable bonds is 3. The summed E-state index contributed by atoms with van der Waals surface area (Å²) in [6, 6.07) is 11.4. The van der Waals surface area contributed by atoms with E-state index in [0.29, 0.717) is 22.9 Å². The van der Waals surface area contributed by atoms with Crippen molar-refractivity contribution in [3.05, 3.63) is 68.1 Å². The summed E-state index contributed by atoms with van der Waals surface area (Å²) >= 11 is 9.36. The maximum atomic E-state index is 12.1. The second-order valence-electron chi connectivity index (χ2n) is 4.56. The number of anilines is 1. The van der Waals surface area contributed by atoms with E-state index >= 15 is 0 Å². The molecule has 0 atom stereocenters. The molecule has 2 heterocycles. The Hall–Kier alpha value is -1.85. The zero-order valence-electron chi connectivity index (χ0n) is 10.9. The van der Waals surface area contributed by atoms with Gasteiger partial charge in [0.2, 0.25) is 0 Å². The first-order valence-electron chi connectivity index (χ1n) is 6.29. The number of benzene rings is 1. The van der Waals surface area contributed by atoms with Gasteiger partial charge >= 0.3 is 0 Å². The normalized spacial score (nSPS) is 10.8. The molecule has 3 aromatic rings. The molecule has 0 radical (unpaired) electrons. The highest BCUT2D eigenvalue weighted by atomic mass is 79.9. The Morgan fingerprint density at radius 1 is 1.29 bits per heavy atom. The van der Waals surface area contributed by atoms with Gasteiger partial charge in [-0.2, -0.15) is 0 Å². The van der Waals surface area contributed by atoms with Crippen molar-refractivity contribution in [2.45, 2.75) is 6.54 Å². The molecule has 3 rings (SSSR count). The summed E-state index contributed by atoms with van der Waals surface area (Å²) in [6.45, 7) is 0.373. The number of pyridine rings is 2. The smallest absolute Gasteiger partial charge is 0.253 e. The van der Waals surface area contributed by atoms with Crippen molar-refractivity contribution >= 4 is 44.1 Å². The Labute approximate surface area is 134 Å². The minimum Gasteiger partial charge on any atom is -0.378 e. The second kappa shape index (κ2) is 5.87. The molecule has 0 bridgehead atoms. The largest absolute Gasteiger partial charge is 0.378 e. The summed E-state index contributed by atoms with van der Waals surface area (Å²) in [5, 5.41) is 4.49. The Bertz CT molecular complexity index is 863. The monoisotopic (exact) mass is 363 g/mol. The summed E-state index contributed by atoms with van der Waals surface area (Å²) in [4.78, 5) is 19.0. The van der Waals surface area contributed by atoms with Gasteiger partial charge in [0, 0.05) is 28.3 Å². The number of fused-ring (bicyclic) bond motifs is 1. The highest BCUT2D eigenvalue weighted by Crippen LogP contribution is 2.23. The third-order valence-corrected chi connectivity index (χ3v) is 3.84. The van der Waals surface area contributed by atoms with Crippen molar-refractivity contribution in [2.24, 2.45) is 0 Å². The molecule has 0 spiro atoms. The number of halogens is 2. The average Bonchev–Trinajstić information content (AvgIpc) is 2.48. The zero-order chi connectivity index (χ0) is 14.8. The van der Waals surface area contributed by atoms with Crippen LogP contribution in [0.2, 0.25) is 5.15 Å². The van der Waals surface area contributed by atoms with Crippen molar-refractivity contribution < 1.29 is 0 Å². The van der Waals surface area contributed by atoms with Crippen LogP contribution < -0.4 is 10.9 Å². The number of H-pyrrole nitrogens is 1. The van der Waals surface area contributed by atoms with E-state index in [-0.39, 0.29) is 5.56 Å². The van der Waals surface area contributed by atoms with Gasteiger partial charge in [0.15, 0.2) is 5.15 Å². The molecule has 0 aliphatic carbocycles. The van der Waals surface area contributed by atoms with Gasteiger partial charge in [-0.1, -0.05) is 29.8 Å². The summed E-state index contributed by atoms with van der Waals surface area (Å²) in [5.74, 6) is 0. The number of nitrogens with one attached hydrogen (secondary N) is 2. The van der Waals surface area contributed by atoms with Gasteiger partial charge in [0.05, 0.1) is 5.69 Å². The molecule has 21 heavy (non-hydrogen) atoms. The lowest BCUT2D eigenvalue weighted by Crippen LogP contribution is -2.15. The molecule has 2 N–H and O–H groups in total. The van der Waals surface area contributed by atoms with E-state index in [2.05, 4.69) is 31.2 Å². The number of para-hydroxylation sites is 1. The maximum Gasteiger partial charge on any atom is 0.253 e. The Morgan fingerprint density at radius 3 is 2.95 bits per heavy atom. The third kappa shape index (κ3) is 3.09. The van der Waals surface area contributed by atoms with Crippen LogP contribution in [0.25, 0.3) is 10.9 Å². The molecule has 0 saturated heterocycles. The number of hydrogen-bond donors (Lipinski definition) is 2. The maximum absolute atomic E-state index is 12.1. The molecule has 2 aromatic heterocycles. The van der Waals surface area contributed by atoms with E-state index in [4.69, 9.17) is 11.6 Å². The van der Waals surface area contributed by atoms with E-state index in [1.54, 1.807) is 6.20 Å². The van der Waals surface area contributed by atoms with Crippen molar-refractivity contribution in [2.75, 3.05) is 5.32 Å². The van der Waals surface area contributed by atoms with E-state index in [1.165, 1.54) is 0 Å². The fourth-order valence-corrected chi connectivity index (χ4v) is 2.56. The third-order valence-electron chi connectivity index (χ3n) is 3.11. The van der Waals surface area contributed by atoms with Crippen molar-refractivity contribution in [3.63, 3.8) is 0 Å². The van der Waals surface area contributed by atoms with E-state index in [1.807, 2.05) is 36.4 Å². The van der Waals surface area contributed by atoms with Crippen LogP contribution in [0.1, 0.15) is 5.56 Å². The summed E-state index contributed by atoms with van der Waals surface area (Å²) in [6.07, 6.45) is 1.62. The predicted molar refractivity (Wildman–Crippen MR) is 88.8 cm³/mol. The van der Waals surface area contributed by atoms with Gasteiger partial charge in [-0.15, -0.1) is 0 Å². The van der Waals surface area contributed by atoms with Gasteiger partial charge in [0.1, 0.15) is 0 Å². The Morgan fingerprint density at radius 2 is 2.10 bits per heavy atom. The standard InChI is InChI=1S/C15H11BrClN3O/c16-11-6-13(14(17)19-8-11)18-7-10-5-9-3-1-2-4-12(9)20-15(10)21/h1-6,8,18H,7H2,(H,20,21). The molecule has 0 fully saturated rings. The van der Waals surface area contributed by atoms with Crippen LogP contribution in [0.4, 0.5) is 5.69 Å². The van der Waals surface area contributed by atoms with Gasteiger partial charge in [-0.3, -0.25) is 4.79 Å². The summed E-state index contributed by atoms with van der Waals surface area (Å²) in [7, 11) is 0. The van der Waals surface area contributed by atoms with Crippen molar-refractivity contribution in [1.82, 2.24) is 9.97 Å². The van der Waals surface area contributed by atoms with Crippen LogP contribution in [0.3, 0.4) is 0 Å². The van der Waals surface area contributed by atoms with Crippen LogP contribution in [0.15, 0.2) is 51.9 Å². The minimum atomic E-state index is -0.111.